The van der Waals surface area contributed by atoms with Crippen LogP contribution in [-0.2, 0) is 10.0 Å². The maximum absolute atomic E-state index is 12.2. The molecule has 104 valence electrons. The summed E-state index contributed by atoms with van der Waals surface area (Å²) in [6, 6.07) is 0. The summed E-state index contributed by atoms with van der Waals surface area (Å²) in [5.74, 6) is 1.01. The number of sulfonamides is 1. The Kier molecular flexibility index (Phi) is 8.43. The molecule has 3 nitrogen and oxygen atoms in total. The zero-order valence-electron chi connectivity index (χ0n) is 11.4. The number of rotatable bonds is 9. The lowest BCUT2D eigenvalue weighted by Crippen LogP contribution is -2.38. The van der Waals surface area contributed by atoms with Crippen LogP contribution in [0.2, 0.25) is 0 Å². The van der Waals surface area contributed by atoms with E-state index in [-0.39, 0.29) is 11.7 Å². The Hall–Kier alpha value is 0.200. The summed E-state index contributed by atoms with van der Waals surface area (Å²) in [5, 5.41) is 0. The summed E-state index contributed by atoms with van der Waals surface area (Å²) in [4.78, 5) is 0. The van der Waals surface area contributed by atoms with Crippen LogP contribution in [0.4, 0.5) is 0 Å². The second-order valence-electron chi connectivity index (χ2n) is 4.67. The van der Waals surface area contributed by atoms with E-state index in [9.17, 15) is 8.42 Å². The summed E-state index contributed by atoms with van der Waals surface area (Å²) in [6.07, 6.45) is 2.04. The van der Waals surface area contributed by atoms with Crippen molar-refractivity contribution in [1.82, 2.24) is 4.31 Å². The molecule has 0 aliphatic rings. The van der Waals surface area contributed by atoms with Crippen molar-refractivity contribution >= 4 is 21.6 Å². The number of alkyl halides is 1. The molecule has 0 aliphatic carbocycles. The fourth-order valence-corrected chi connectivity index (χ4v) is 3.90. The summed E-state index contributed by atoms with van der Waals surface area (Å²) < 4.78 is 25.9. The van der Waals surface area contributed by atoms with Crippen molar-refractivity contribution in [3.8, 4) is 0 Å². The maximum atomic E-state index is 12.2. The highest BCUT2D eigenvalue weighted by Gasteiger charge is 2.24. The van der Waals surface area contributed by atoms with E-state index in [1.54, 1.807) is 4.31 Å². The van der Waals surface area contributed by atoms with Crippen LogP contribution in [0.1, 0.15) is 40.5 Å². The lowest BCUT2D eigenvalue weighted by molar-refractivity contribution is 0.337. The molecular weight excluding hydrogens is 258 g/mol. The minimum Gasteiger partial charge on any atom is -0.212 e. The molecule has 0 spiro atoms. The average molecular weight is 284 g/mol. The van der Waals surface area contributed by atoms with E-state index in [0.717, 1.165) is 12.8 Å². The van der Waals surface area contributed by atoms with Crippen molar-refractivity contribution in [3.05, 3.63) is 0 Å². The molecule has 1 atom stereocenters. The number of hydrogen-bond donors (Lipinski definition) is 0. The van der Waals surface area contributed by atoms with Crippen molar-refractivity contribution in [2.45, 2.75) is 40.5 Å². The van der Waals surface area contributed by atoms with Gasteiger partial charge in [-0.25, -0.2) is 12.7 Å². The van der Waals surface area contributed by atoms with E-state index in [1.165, 1.54) is 0 Å². The zero-order chi connectivity index (χ0) is 13.5. The largest absolute Gasteiger partial charge is 0.214 e. The van der Waals surface area contributed by atoms with E-state index in [4.69, 9.17) is 11.6 Å². The number of hydrogen-bond acceptors (Lipinski definition) is 2. The molecule has 0 aromatic carbocycles. The average Bonchev–Trinajstić information content (AvgIpc) is 2.29. The van der Waals surface area contributed by atoms with Gasteiger partial charge in [0.1, 0.15) is 0 Å². The van der Waals surface area contributed by atoms with Crippen molar-refractivity contribution < 1.29 is 8.42 Å². The minimum atomic E-state index is -3.15. The fraction of sp³-hybridized carbons (Fsp3) is 1.00. The van der Waals surface area contributed by atoms with Crippen LogP contribution in [0.5, 0.6) is 0 Å². The van der Waals surface area contributed by atoms with Crippen LogP contribution < -0.4 is 0 Å². The molecule has 5 heteroatoms. The van der Waals surface area contributed by atoms with E-state index in [2.05, 4.69) is 13.8 Å². The van der Waals surface area contributed by atoms with Crippen LogP contribution in [0.15, 0.2) is 0 Å². The molecule has 0 aromatic heterocycles. The van der Waals surface area contributed by atoms with E-state index >= 15 is 0 Å². The first kappa shape index (κ1) is 17.2. The molecule has 17 heavy (non-hydrogen) atoms. The minimum absolute atomic E-state index is 0.0115. The molecule has 0 aromatic rings. The van der Waals surface area contributed by atoms with Gasteiger partial charge in [0.2, 0.25) is 10.0 Å². The Labute approximate surface area is 112 Å². The second-order valence-corrected chi connectivity index (χ2v) is 6.99. The Balaban J connectivity index is 4.62. The van der Waals surface area contributed by atoms with Gasteiger partial charge in [0.25, 0.3) is 0 Å². The monoisotopic (exact) mass is 283 g/mol. The van der Waals surface area contributed by atoms with Gasteiger partial charge in [0.15, 0.2) is 0 Å². The Morgan fingerprint density at radius 1 is 1.18 bits per heavy atom. The Bertz CT molecular complexity index is 289. The molecule has 0 bridgehead atoms. The van der Waals surface area contributed by atoms with Crippen molar-refractivity contribution in [2.24, 2.45) is 11.8 Å². The van der Waals surface area contributed by atoms with Gasteiger partial charge >= 0.3 is 0 Å². The first-order valence-corrected chi connectivity index (χ1v) is 8.59. The summed E-state index contributed by atoms with van der Waals surface area (Å²) >= 11 is 5.68. The first-order valence-electron chi connectivity index (χ1n) is 6.44. The maximum Gasteiger partial charge on any atom is 0.214 e. The second kappa shape index (κ2) is 8.33. The van der Waals surface area contributed by atoms with E-state index < -0.39 is 10.0 Å². The molecule has 0 saturated heterocycles. The molecule has 0 saturated carbocycles. The molecule has 0 amide bonds. The normalized spacial score (nSPS) is 14.5. The third-order valence-corrected chi connectivity index (χ3v) is 5.83. The summed E-state index contributed by atoms with van der Waals surface area (Å²) in [6.45, 7) is 9.17. The topological polar surface area (TPSA) is 37.4 Å². The molecule has 0 N–H and O–H groups in total. The molecule has 1 unspecified atom stereocenters. The van der Waals surface area contributed by atoms with Crippen LogP contribution in [0, 0.1) is 11.8 Å². The van der Waals surface area contributed by atoms with Gasteiger partial charge in [0, 0.05) is 19.0 Å². The highest BCUT2D eigenvalue weighted by Crippen LogP contribution is 2.15. The zero-order valence-corrected chi connectivity index (χ0v) is 13.0. The molecule has 0 rings (SSSR count). The van der Waals surface area contributed by atoms with Crippen LogP contribution >= 0.6 is 11.6 Å². The van der Waals surface area contributed by atoms with Gasteiger partial charge < -0.3 is 0 Å². The first-order chi connectivity index (χ1) is 7.91. The Morgan fingerprint density at radius 2 is 1.71 bits per heavy atom. The van der Waals surface area contributed by atoms with E-state index in [1.807, 2.05) is 13.8 Å². The lowest BCUT2D eigenvalue weighted by Gasteiger charge is -2.25. The Morgan fingerprint density at radius 3 is 2.06 bits per heavy atom. The third-order valence-electron chi connectivity index (χ3n) is 3.12. The molecule has 0 heterocycles. The summed E-state index contributed by atoms with van der Waals surface area (Å²) in [5.41, 5.74) is 0. The molecule has 0 aliphatic heterocycles. The SMILES string of the molecule is CCC(CC)CN(CC)S(=O)(=O)CC(C)CCl. The summed E-state index contributed by atoms with van der Waals surface area (Å²) in [7, 11) is -3.15. The van der Waals surface area contributed by atoms with Gasteiger partial charge in [-0.1, -0.05) is 40.5 Å². The fourth-order valence-electron chi connectivity index (χ4n) is 1.78. The van der Waals surface area contributed by atoms with E-state index in [0.29, 0.717) is 24.9 Å². The van der Waals surface area contributed by atoms with Crippen molar-refractivity contribution in [3.63, 3.8) is 0 Å². The van der Waals surface area contributed by atoms with Gasteiger partial charge in [-0.05, 0) is 11.8 Å². The highest BCUT2D eigenvalue weighted by molar-refractivity contribution is 7.89. The molecular formula is C12H26ClNO2S. The molecule has 0 radical (unpaired) electrons. The van der Waals surface area contributed by atoms with Gasteiger partial charge in [-0.3, -0.25) is 0 Å². The number of nitrogens with zero attached hydrogens (tertiary/aromatic N) is 1. The highest BCUT2D eigenvalue weighted by atomic mass is 35.5. The lowest BCUT2D eigenvalue weighted by atomic mass is 10.0. The van der Waals surface area contributed by atoms with Crippen LogP contribution in [-0.4, -0.2) is 37.4 Å². The molecule has 0 fully saturated rings. The van der Waals surface area contributed by atoms with Crippen LogP contribution in [0.25, 0.3) is 0 Å². The van der Waals surface area contributed by atoms with Crippen molar-refractivity contribution in [1.29, 1.82) is 0 Å². The van der Waals surface area contributed by atoms with Crippen LogP contribution in [0.3, 0.4) is 0 Å². The third kappa shape index (κ3) is 6.07. The standard InChI is InChI=1S/C12H26ClNO2S/c1-5-12(6-2)9-14(7-3)17(15,16)10-11(4)8-13/h11-12H,5-10H2,1-4H3. The van der Waals surface area contributed by atoms with Gasteiger partial charge in [0.05, 0.1) is 5.75 Å². The van der Waals surface area contributed by atoms with Gasteiger partial charge in [-0.15, -0.1) is 11.6 Å². The van der Waals surface area contributed by atoms with Gasteiger partial charge in [-0.2, -0.15) is 0 Å². The predicted molar refractivity (Wildman–Crippen MR) is 75.0 cm³/mol. The number of halogens is 1. The quantitative estimate of drug-likeness (QED) is 0.610. The van der Waals surface area contributed by atoms with Crippen molar-refractivity contribution in [2.75, 3.05) is 24.7 Å². The predicted octanol–water partition coefficient (Wildman–Crippen LogP) is 2.95. The smallest absolute Gasteiger partial charge is 0.212 e.